The predicted molar refractivity (Wildman–Crippen MR) is 148 cm³/mol. The smallest absolute Gasteiger partial charge is 0.496 e. The molecule has 2 aromatic rings. The molecular weight excluding hydrogens is 565 g/mol. The van der Waals surface area contributed by atoms with Crippen LogP contribution in [0, 0.1) is 6.92 Å². The molecule has 0 spiro atoms. The molecule has 0 aliphatic carbocycles. The number of rotatable bonds is 11. The fourth-order valence-electron chi connectivity index (χ4n) is 4.09. The van der Waals surface area contributed by atoms with E-state index in [-0.39, 0.29) is 22.6 Å². The van der Waals surface area contributed by atoms with Gasteiger partial charge in [-0.25, -0.2) is 4.98 Å². The first-order chi connectivity index (χ1) is 17.0. The van der Waals surface area contributed by atoms with Crippen molar-refractivity contribution in [2.75, 3.05) is 18.6 Å². The highest BCUT2D eigenvalue weighted by atomic mass is 79.9. The number of methoxy groups -OCH3 is 1. The van der Waals surface area contributed by atoms with Crippen LogP contribution in [0.3, 0.4) is 0 Å². The van der Waals surface area contributed by atoms with Gasteiger partial charge in [-0.05, 0) is 71.9 Å². The van der Waals surface area contributed by atoms with Crippen molar-refractivity contribution in [2.45, 2.75) is 77.9 Å². The van der Waals surface area contributed by atoms with Crippen LogP contribution in [0.5, 0.6) is 11.5 Å². The maximum Gasteiger partial charge on any atom is 0.573 e. The van der Waals surface area contributed by atoms with Gasteiger partial charge in [-0.3, -0.25) is 0 Å². The molecule has 2 radical (unpaired) electrons. The Morgan fingerprint density at radius 1 is 1.16 bits per heavy atom. The highest BCUT2D eigenvalue weighted by Gasteiger charge is 2.36. The number of hydrogen-bond donors (Lipinski definition) is 0. The van der Waals surface area contributed by atoms with Crippen molar-refractivity contribution >= 4 is 31.4 Å². The molecule has 10 heteroatoms. The zero-order valence-electron chi connectivity index (χ0n) is 22.7. The molecule has 1 atom stereocenters. The van der Waals surface area contributed by atoms with Gasteiger partial charge in [0.1, 0.15) is 16.1 Å². The van der Waals surface area contributed by atoms with Gasteiger partial charge in [-0.2, -0.15) is 0 Å². The summed E-state index contributed by atoms with van der Waals surface area (Å²) >= 11 is 3.64. The Balaban J connectivity index is 2.52. The minimum absolute atomic E-state index is 0.0250. The molecule has 2 rings (SSSR count). The first kappa shape index (κ1) is 31.2. The Labute approximate surface area is 229 Å². The van der Waals surface area contributed by atoms with E-state index in [1.165, 1.54) is 25.3 Å². The summed E-state index contributed by atoms with van der Waals surface area (Å²) in [7, 11) is 1.73. The molecule has 1 aromatic heterocycles. The van der Waals surface area contributed by atoms with Crippen LogP contribution in [0.1, 0.15) is 53.5 Å². The summed E-state index contributed by atoms with van der Waals surface area (Å²) in [5.74, 6) is -0.133. The summed E-state index contributed by atoms with van der Waals surface area (Å²) in [6.45, 7) is 19.3. The zero-order chi connectivity index (χ0) is 28.2. The number of halogens is 4. The van der Waals surface area contributed by atoms with E-state index in [1.54, 1.807) is 0 Å². The fraction of sp³-hybridized carbons (Fsp3) is 0.519. The molecule has 204 valence electrons. The maximum atomic E-state index is 12.7. The van der Waals surface area contributed by atoms with Gasteiger partial charge in [-0.1, -0.05) is 33.8 Å². The van der Waals surface area contributed by atoms with E-state index in [1.807, 2.05) is 19.1 Å². The maximum absolute atomic E-state index is 12.7. The number of aromatic nitrogens is 1. The molecule has 0 amide bonds. The number of alkyl halides is 3. The standard InChI is InChI=1S/C27H36BrF3N2O3Si/c1-10-14-33(22(11-2)26(7,8)36-37-25(4,5)6)20-15-17(3)23(32-24(20)28)19-13-12-18(16-21(19)34-9)35-27(29,30)31/h10,12-13,15-16,22H,1,11,14H2,2-9H3/t22-/m0/s1. The zero-order valence-corrected chi connectivity index (χ0v) is 25.3. The van der Waals surface area contributed by atoms with Crippen LogP contribution in [0.15, 0.2) is 41.5 Å². The number of aryl methyl sites for hydroxylation is 1. The third-order valence-electron chi connectivity index (χ3n) is 5.63. The summed E-state index contributed by atoms with van der Waals surface area (Å²) in [5.41, 5.74) is 2.40. The van der Waals surface area contributed by atoms with Gasteiger partial charge < -0.3 is 18.8 Å². The molecule has 0 N–H and O–H groups in total. The molecule has 0 bridgehead atoms. The lowest BCUT2D eigenvalue weighted by Crippen LogP contribution is -2.52. The number of anilines is 1. The Bertz CT molecular complexity index is 1090. The molecule has 1 aromatic carbocycles. The molecule has 0 fully saturated rings. The molecule has 0 aliphatic rings. The summed E-state index contributed by atoms with van der Waals surface area (Å²) in [6.07, 6.45) is -2.11. The van der Waals surface area contributed by atoms with Crippen LogP contribution < -0.4 is 14.4 Å². The van der Waals surface area contributed by atoms with E-state index in [0.717, 1.165) is 17.7 Å². The lowest BCUT2D eigenvalue weighted by atomic mass is 9.94. The SMILES string of the molecule is C=CCN(c1cc(C)c(-c2ccc(OC(F)(F)F)cc2OC)nc1Br)[C@@H](CC)C(C)(C)O[Si]C(C)(C)C. The molecule has 0 aliphatic heterocycles. The summed E-state index contributed by atoms with van der Waals surface area (Å²) in [4.78, 5) is 7.03. The van der Waals surface area contributed by atoms with E-state index >= 15 is 0 Å². The van der Waals surface area contributed by atoms with Crippen LogP contribution in [-0.2, 0) is 4.43 Å². The number of ether oxygens (including phenoxy) is 2. The van der Waals surface area contributed by atoms with Gasteiger partial charge in [0.2, 0.25) is 9.76 Å². The molecule has 0 unspecified atom stereocenters. The monoisotopic (exact) mass is 600 g/mol. The highest BCUT2D eigenvalue weighted by Crippen LogP contribution is 2.40. The van der Waals surface area contributed by atoms with Gasteiger partial charge in [0.25, 0.3) is 0 Å². The second kappa shape index (κ2) is 12.2. The Hall–Kier alpha value is -2.04. The van der Waals surface area contributed by atoms with Crippen molar-refractivity contribution in [3.05, 3.63) is 47.1 Å². The number of pyridine rings is 1. The lowest BCUT2D eigenvalue weighted by Gasteiger charge is -2.44. The molecule has 0 saturated heterocycles. The Morgan fingerprint density at radius 2 is 1.81 bits per heavy atom. The van der Waals surface area contributed by atoms with Gasteiger partial charge in [0.05, 0.1) is 30.1 Å². The third kappa shape index (κ3) is 8.48. The van der Waals surface area contributed by atoms with Crippen molar-refractivity contribution in [2.24, 2.45) is 0 Å². The molecular formula is C27H36BrF3N2O3Si. The van der Waals surface area contributed by atoms with E-state index in [9.17, 15) is 13.2 Å². The minimum Gasteiger partial charge on any atom is -0.496 e. The molecule has 5 nitrogen and oxygen atoms in total. The number of nitrogens with zero attached hydrogens (tertiary/aromatic N) is 2. The minimum atomic E-state index is -4.79. The third-order valence-corrected chi connectivity index (χ3v) is 7.45. The lowest BCUT2D eigenvalue weighted by molar-refractivity contribution is -0.274. The molecule has 0 saturated carbocycles. The van der Waals surface area contributed by atoms with Gasteiger partial charge in [-0.15, -0.1) is 19.8 Å². The summed E-state index contributed by atoms with van der Waals surface area (Å²) < 4.78 is 54.5. The van der Waals surface area contributed by atoms with E-state index in [0.29, 0.717) is 32.2 Å². The van der Waals surface area contributed by atoms with Crippen LogP contribution in [0.4, 0.5) is 18.9 Å². The summed E-state index contributed by atoms with van der Waals surface area (Å²) in [5, 5.41) is 0.0545. The van der Waals surface area contributed by atoms with Crippen LogP contribution in [0.2, 0.25) is 5.04 Å². The van der Waals surface area contributed by atoms with Crippen LogP contribution in [-0.4, -0.2) is 46.4 Å². The molecule has 37 heavy (non-hydrogen) atoms. The second-order valence-electron chi connectivity index (χ2n) is 10.3. The summed E-state index contributed by atoms with van der Waals surface area (Å²) in [6, 6.07) is 6.01. The largest absolute Gasteiger partial charge is 0.573 e. The fourth-order valence-corrected chi connectivity index (χ4v) is 5.31. The topological polar surface area (TPSA) is 43.8 Å². The van der Waals surface area contributed by atoms with Crippen LogP contribution in [0.25, 0.3) is 11.3 Å². The highest BCUT2D eigenvalue weighted by molar-refractivity contribution is 9.10. The predicted octanol–water partition coefficient (Wildman–Crippen LogP) is 8.13. The van der Waals surface area contributed by atoms with E-state index in [4.69, 9.17) is 14.1 Å². The van der Waals surface area contributed by atoms with Crippen molar-refractivity contribution < 1.29 is 27.1 Å². The normalized spacial score (nSPS) is 13.3. The van der Waals surface area contributed by atoms with Crippen molar-refractivity contribution in [1.29, 1.82) is 0 Å². The average molecular weight is 602 g/mol. The van der Waals surface area contributed by atoms with Crippen molar-refractivity contribution in [3.8, 4) is 22.8 Å². The van der Waals surface area contributed by atoms with Gasteiger partial charge >= 0.3 is 6.36 Å². The second-order valence-corrected chi connectivity index (χ2v) is 13.0. The van der Waals surface area contributed by atoms with E-state index < -0.39 is 12.0 Å². The van der Waals surface area contributed by atoms with Gasteiger partial charge in [0.15, 0.2) is 0 Å². The van der Waals surface area contributed by atoms with Crippen LogP contribution >= 0.6 is 15.9 Å². The Kier molecular flexibility index (Phi) is 10.3. The van der Waals surface area contributed by atoms with Crippen molar-refractivity contribution in [1.82, 2.24) is 4.98 Å². The first-order valence-corrected chi connectivity index (χ1v) is 13.7. The Morgan fingerprint density at radius 3 is 2.32 bits per heavy atom. The average Bonchev–Trinajstić information content (AvgIpc) is 2.77. The molecule has 1 heterocycles. The first-order valence-electron chi connectivity index (χ1n) is 12.0. The van der Waals surface area contributed by atoms with Crippen molar-refractivity contribution in [3.63, 3.8) is 0 Å². The van der Waals surface area contributed by atoms with E-state index in [2.05, 4.69) is 73.7 Å². The number of benzene rings is 1. The van der Waals surface area contributed by atoms with Gasteiger partial charge in [0, 0.05) is 18.2 Å². The number of hydrogen-bond acceptors (Lipinski definition) is 5. The quantitative estimate of drug-likeness (QED) is 0.148.